The summed E-state index contributed by atoms with van der Waals surface area (Å²) in [5.41, 5.74) is 10.2. The molecule has 0 radical (unpaired) electrons. The molecule has 0 unspecified atom stereocenters. The molecule has 0 fully saturated rings. The zero-order valence-electron chi connectivity index (χ0n) is 10.2. The molecule has 0 heterocycles. The van der Waals surface area contributed by atoms with Crippen LogP contribution in [0.25, 0.3) is 0 Å². The van der Waals surface area contributed by atoms with Crippen LogP contribution in [0.3, 0.4) is 0 Å². The third-order valence-electron chi connectivity index (χ3n) is 2.46. The minimum Gasteiger partial charge on any atom is -0.402 e. The maximum Gasteiger partial charge on any atom is 0.250 e. The van der Waals surface area contributed by atoms with Crippen LogP contribution in [0, 0.1) is 20.8 Å². The van der Waals surface area contributed by atoms with Crippen molar-refractivity contribution in [2.75, 3.05) is 5.32 Å². The zero-order valence-corrected chi connectivity index (χ0v) is 10.2. The lowest BCUT2D eigenvalue weighted by atomic mass is 10.0. The van der Waals surface area contributed by atoms with Gasteiger partial charge in [-0.25, -0.2) is 0 Å². The zero-order chi connectivity index (χ0) is 12.3. The molecule has 1 rings (SSSR count). The lowest BCUT2D eigenvalue weighted by Crippen LogP contribution is -2.11. The fraction of sp³-hybridized carbons (Fsp3) is 0.308. The van der Waals surface area contributed by atoms with E-state index in [-0.39, 0.29) is 5.91 Å². The normalized spacial score (nSPS) is 11.4. The molecule has 0 aliphatic heterocycles. The standard InChI is InChI=1S/C13H18N2O/c1-8-5-10(3)12(6-9(8)2)15-13(16)7-11(4)14/h5-7H,14H2,1-4H3,(H,15,16)/b11-7-. The number of carbonyl (C=O) groups excluding carboxylic acids is 1. The van der Waals surface area contributed by atoms with Gasteiger partial charge in [-0.1, -0.05) is 6.07 Å². The van der Waals surface area contributed by atoms with Crippen LogP contribution in [0.5, 0.6) is 0 Å². The highest BCUT2D eigenvalue weighted by Crippen LogP contribution is 2.19. The van der Waals surface area contributed by atoms with Crippen LogP contribution in [0.4, 0.5) is 5.69 Å². The fourth-order valence-electron chi connectivity index (χ4n) is 1.47. The molecule has 1 aromatic carbocycles. The van der Waals surface area contributed by atoms with Gasteiger partial charge in [0.15, 0.2) is 0 Å². The van der Waals surface area contributed by atoms with E-state index in [1.807, 2.05) is 19.9 Å². The Balaban J connectivity index is 2.94. The molecule has 1 aromatic rings. The SMILES string of the molecule is C/C(N)=C/C(=O)Nc1cc(C)c(C)cc1C. The van der Waals surface area contributed by atoms with Gasteiger partial charge in [-0.15, -0.1) is 0 Å². The first-order valence-corrected chi connectivity index (χ1v) is 5.22. The van der Waals surface area contributed by atoms with Gasteiger partial charge >= 0.3 is 0 Å². The molecule has 1 amide bonds. The van der Waals surface area contributed by atoms with Gasteiger partial charge < -0.3 is 11.1 Å². The van der Waals surface area contributed by atoms with E-state index in [1.54, 1.807) is 6.92 Å². The molecular weight excluding hydrogens is 200 g/mol. The van der Waals surface area contributed by atoms with Gasteiger partial charge in [0.25, 0.3) is 0 Å². The van der Waals surface area contributed by atoms with E-state index < -0.39 is 0 Å². The maximum absolute atomic E-state index is 11.5. The molecule has 0 saturated heterocycles. The number of rotatable bonds is 2. The third-order valence-corrected chi connectivity index (χ3v) is 2.46. The van der Waals surface area contributed by atoms with Crippen LogP contribution >= 0.6 is 0 Å². The maximum atomic E-state index is 11.5. The molecule has 0 spiro atoms. The van der Waals surface area contributed by atoms with Gasteiger partial charge in [0.05, 0.1) is 0 Å². The Kier molecular flexibility index (Phi) is 3.72. The van der Waals surface area contributed by atoms with E-state index in [0.717, 1.165) is 16.8 Å². The van der Waals surface area contributed by atoms with Crippen molar-refractivity contribution in [3.05, 3.63) is 40.6 Å². The van der Waals surface area contributed by atoms with Crippen LogP contribution in [0.1, 0.15) is 23.6 Å². The second kappa shape index (κ2) is 4.84. The summed E-state index contributed by atoms with van der Waals surface area (Å²) in [5, 5.41) is 2.81. The van der Waals surface area contributed by atoms with E-state index in [1.165, 1.54) is 11.6 Å². The minimum atomic E-state index is -0.189. The van der Waals surface area contributed by atoms with Crippen LogP contribution in [0.15, 0.2) is 23.9 Å². The molecule has 86 valence electrons. The van der Waals surface area contributed by atoms with E-state index in [2.05, 4.69) is 18.3 Å². The predicted octanol–water partition coefficient (Wildman–Crippen LogP) is 2.41. The number of carbonyl (C=O) groups is 1. The monoisotopic (exact) mass is 218 g/mol. The van der Waals surface area contributed by atoms with Crippen molar-refractivity contribution in [2.24, 2.45) is 5.73 Å². The molecule has 3 N–H and O–H groups in total. The molecule has 3 nitrogen and oxygen atoms in total. The van der Waals surface area contributed by atoms with Gasteiger partial charge in [-0.05, 0) is 50.5 Å². The summed E-state index contributed by atoms with van der Waals surface area (Å²) >= 11 is 0. The second-order valence-corrected chi connectivity index (χ2v) is 4.13. The highest BCUT2D eigenvalue weighted by molar-refractivity contribution is 6.00. The number of benzene rings is 1. The lowest BCUT2D eigenvalue weighted by molar-refractivity contribution is -0.111. The Bertz CT molecular complexity index is 443. The predicted molar refractivity (Wildman–Crippen MR) is 67.2 cm³/mol. The van der Waals surface area contributed by atoms with Gasteiger partial charge in [-0.3, -0.25) is 4.79 Å². The Morgan fingerprint density at radius 2 is 1.75 bits per heavy atom. The molecular formula is C13H18N2O. The van der Waals surface area contributed by atoms with Gasteiger partial charge in [0.1, 0.15) is 0 Å². The summed E-state index contributed by atoms with van der Waals surface area (Å²) in [6.45, 7) is 7.74. The fourth-order valence-corrected chi connectivity index (χ4v) is 1.47. The molecule has 3 heteroatoms. The third kappa shape index (κ3) is 3.12. The Morgan fingerprint density at radius 3 is 2.31 bits per heavy atom. The summed E-state index contributed by atoms with van der Waals surface area (Å²) in [6.07, 6.45) is 1.38. The number of anilines is 1. The number of allylic oxidation sites excluding steroid dienone is 1. The van der Waals surface area contributed by atoms with E-state index in [9.17, 15) is 4.79 Å². The largest absolute Gasteiger partial charge is 0.402 e. The lowest BCUT2D eigenvalue weighted by Gasteiger charge is -2.10. The minimum absolute atomic E-state index is 0.189. The van der Waals surface area contributed by atoms with Crippen molar-refractivity contribution in [3.63, 3.8) is 0 Å². The smallest absolute Gasteiger partial charge is 0.250 e. The van der Waals surface area contributed by atoms with Crippen molar-refractivity contribution in [3.8, 4) is 0 Å². The van der Waals surface area contributed by atoms with Gasteiger partial charge in [-0.2, -0.15) is 0 Å². The van der Waals surface area contributed by atoms with Crippen LogP contribution in [-0.2, 0) is 4.79 Å². The summed E-state index contributed by atoms with van der Waals surface area (Å²) < 4.78 is 0. The number of aryl methyl sites for hydroxylation is 3. The van der Waals surface area contributed by atoms with E-state index in [0.29, 0.717) is 5.70 Å². The van der Waals surface area contributed by atoms with Gasteiger partial charge in [0.2, 0.25) is 5.91 Å². The molecule has 0 aliphatic rings. The van der Waals surface area contributed by atoms with Gasteiger partial charge in [0, 0.05) is 17.5 Å². The van der Waals surface area contributed by atoms with Crippen molar-refractivity contribution in [2.45, 2.75) is 27.7 Å². The molecule has 0 atom stereocenters. The van der Waals surface area contributed by atoms with Crippen molar-refractivity contribution < 1.29 is 4.79 Å². The van der Waals surface area contributed by atoms with E-state index in [4.69, 9.17) is 5.73 Å². The number of amides is 1. The van der Waals surface area contributed by atoms with Crippen LogP contribution < -0.4 is 11.1 Å². The average molecular weight is 218 g/mol. The molecule has 0 aliphatic carbocycles. The summed E-state index contributed by atoms with van der Waals surface area (Å²) in [4.78, 5) is 11.5. The van der Waals surface area contributed by atoms with Crippen LogP contribution in [-0.4, -0.2) is 5.91 Å². The molecule has 0 saturated carbocycles. The first-order chi connectivity index (χ1) is 7.40. The number of nitrogens with two attached hydrogens (primary N) is 1. The Labute approximate surface area is 96.3 Å². The molecule has 0 bridgehead atoms. The van der Waals surface area contributed by atoms with Crippen molar-refractivity contribution in [1.82, 2.24) is 0 Å². The van der Waals surface area contributed by atoms with Crippen LogP contribution in [0.2, 0.25) is 0 Å². The first kappa shape index (κ1) is 12.3. The highest BCUT2D eigenvalue weighted by atomic mass is 16.1. The summed E-state index contributed by atoms with van der Waals surface area (Å²) in [5.74, 6) is -0.189. The van der Waals surface area contributed by atoms with E-state index >= 15 is 0 Å². The summed E-state index contributed by atoms with van der Waals surface area (Å²) in [7, 11) is 0. The average Bonchev–Trinajstić information content (AvgIpc) is 2.12. The summed E-state index contributed by atoms with van der Waals surface area (Å²) in [6, 6.07) is 4.03. The second-order valence-electron chi connectivity index (χ2n) is 4.13. The number of nitrogens with one attached hydrogen (secondary N) is 1. The quantitative estimate of drug-likeness (QED) is 0.749. The number of hydrogen-bond acceptors (Lipinski definition) is 2. The Morgan fingerprint density at radius 1 is 1.19 bits per heavy atom. The van der Waals surface area contributed by atoms with Crippen molar-refractivity contribution >= 4 is 11.6 Å². The first-order valence-electron chi connectivity index (χ1n) is 5.22. The Hall–Kier alpha value is -1.77. The highest BCUT2D eigenvalue weighted by Gasteiger charge is 2.04. The van der Waals surface area contributed by atoms with Crippen molar-refractivity contribution in [1.29, 1.82) is 0 Å². The molecule has 0 aromatic heterocycles. The molecule has 16 heavy (non-hydrogen) atoms. The number of hydrogen-bond donors (Lipinski definition) is 2. The topological polar surface area (TPSA) is 55.1 Å².